The van der Waals surface area contributed by atoms with Crippen LogP contribution in [0, 0.1) is 5.92 Å². The third-order valence-corrected chi connectivity index (χ3v) is 5.71. The van der Waals surface area contributed by atoms with Crippen LogP contribution in [0.15, 0.2) is 40.9 Å². The number of alkyl halides is 3. The normalized spacial score (nSPS) is 13.9. The minimum atomic E-state index is -4.75. The van der Waals surface area contributed by atoms with E-state index in [4.69, 9.17) is 14.0 Å². The lowest BCUT2D eigenvalue weighted by atomic mass is 9.72. The van der Waals surface area contributed by atoms with E-state index in [-0.39, 0.29) is 21.7 Å². The van der Waals surface area contributed by atoms with Gasteiger partial charge in [0.15, 0.2) is 0 Å². The summed E-state index contributed by atoms with van der Waals surface area (Å²) in [5, 5.41) is 4.85. The number of hydrogen-bond donors (Lipinski definition) is 2. The number of ether oxygens (including phenoxy) is 1. The number of amides is 2. The highest BCUT2D eigenvalue weighted by atomic mass is 79.9. The van der Waals surface area contributed by atoms with Crippen LogP contribution >= 0.6 is 15.9 Å². The van der Waals surface area contributed by atoms with Crippen LogP contribution in [0.25, 0.3) is 0 Å². The van der Waals surface area contributed by atoms with Crippen molar-refractivity contribution in [1.29, 1.82) is 0 Å². The molecule has 13 heteroatoms. The van der Waals surface area contributed by atoms with E-state index in [0.29, 0.717) is 12.2 Å². The van der Waals surface area contributed by atoms with Gasteiger partial charge in [0, 0.05) is 10.5 Å². The first-order valence-corrected chi connectivity index (χ1v) is 11.7. The zero-order valence-electron chi connectivity index (χ0n) is 19.6. The number of benzene rings is 2. The van der Waals surface area contributed by atoms with Crippen molar-refractivity contribution in [3.8, 4) is 11.5 Å². The number of carbonyl (C=O) groups is 3. The first-order valence-electron chi connectivity index (χ1n) is 10.9. The summed E-state index contributed by atoms with van der Waals surface area (Å²) in [7, 11) is 0.295. The van der Waals surface area contributed by atoms with E-state index in [1.54, 1.807) is 6.07 Å². The molecule has 2 aromatic rings. The summed E-state index contributed by atoms with van der Waals surface area (Å²) < 4.78 is 56.5. The van der Waals surface area contributed by atoms with E-state index in [9.17, 15) is 27.6 Å². The Balaban J connectivity index is 1.71. The zero-order chi connectivity index (χ0) is 26.6. The van der Waals surface area contributed by atoms with Crippen LogP contribution in [0.3, 0.4) is 0 Å². The van der Waals surface area contributed by atoms with Gasteiger partial charge in [0.1, 0.15) is 11.5 Å². The van der Waals surface area contributed by atoms with Crippen LogP contribution in [0.1, 0.15) is 46.5 Å². The van der Waals surface area contributed by atoms with Crippen molar-refractivity contribution in [2.45, 2.75) is 32.4 Å². The number of hydrogen-bond acceptors (Lipinski definition) is 6. The van der Waals surface area contributed by atoms with E-state index in [1.165, 1.54) is 25.3 Å². The monoisotopic (exact) mass is 570 g/mol. The molecular weight excluding hydrogens is 548 g/mol. The van der Waals surface area contributed by atoms with Crippen LogP contribution in [-0.4, -0.2) is 44.5 Å². The molecule has 0 saturated heterocycles. The molecule has 3 rings (SSSR count). The van der Waals surface area contributed by atoms with Crippen LogP contribution in [0.4, 0.5) is 13.2 Å². The van der Waals surface area contributed by atoms with Gasteiger partial charge in [0.25, 0.3) is 5.91 Å². The van der Waals surface area contributed by atoms with Gasteiger partial charge in [0.2, 0.25) is 5.91 Å². The molecule has 0 unspecified atom stereocenters. The number of nitrogens with one attached hydrogen (secondary N) is 2. The minimum absolute atomic E-state index is 0.0508. The number of fused-ring (bicyclic) bond motifs is 1. The standard InChI is InChI=1S/C23H23BBrF3N2O6/c1-12(2)8-19(24-35-18-10-14(34-3)5-6-15(18)22(33)36-24)30-20(31)11-29-21(32)16-9-13(25)4-7-17(16)23(26,27)28/h4-7,9-10,12,19H,8,11H2,1-3H3,(H,29,32)(H,30,31)/t19-/m0/s1. The highest BCUT2D eigenvalue weighted by molar-refractivity contribution is 9.10. The predicted molar refractivity (Wildman–Crippen MR) is 128 cm³/mol. The molecule has 0 radical (unpaired) electrons. The topological polar surface area (TPSA) is 103 Å². The summed E-state index contributed by atoms with van der Waals surface area (Å²) in [6.07, 6.45) is -4.40. The van der Waals surface area contributed by atoms with E-state index >= 15 is 0 Å². The maximum atomic E-state index is 13.3. The second-order valence-corrected chi connectivity index (χ2v) is 9.34. The van der Waals surface area contributed by atoms with Gasteiger partial charge >= 0.3 is 19.3 Å². The maximum Gasteiger partial charge on any atom is 0.620 e. The van der Waals surface area contributed by atoms with Gasteiger partial charge in [-0.2, -0.15) is 13.2 Å². The molecule has 0 bridgehead atoms. The SMILES string of the molecule is COc1ccc2c(c1)OB([C@H](CC(C)C)NC(=O)CNC(=O)c1cc(Br)ccc1C(F)(F)F)OC2=O. The van der Waals surface area contributed by atoms with E-state index in [0.717, 1.165) is 12.1 Å². The summed E-state index contributed by atoms with van der Waals surface area (Å²) in [4.78, 5) is 37.5. The fourth-order valence-corrected chi connectivity index (χ4v) is 3.95. The van der Waals surface area contributed by atoms with Crippen molar-refractivity contribution >= 4 is 40.8 Å². The molecule has 192 valence electrons. The molecule has 0 saturated carbocycles. The lowest BCUT2D eigenvalue weighted by Gasteiger charge is -2.29. The molecule has 36 heavy (non-hydrogen) atoms. The zero-order valence-corrected chi connectivity index (χ0v) is 21.2. The molecule has 0 aliphatic carbocycles. The Labute approximate surface area is 214 Å². The first-order chi connectivity index (χ1) is 16.9. The summed E-state index contributed by atoms with van der Waals surface area (Å²) in [6, 6.07) is 7.57. The van der Waals surface area contributed by atoms with Gasteiger partial charge in [-0.3, -0.25) is 9.59 Å². The van der Waals surface area contributed by atoms with Gasteiger partial charge in [-0.1, -0.05) is 29.8 Å². The minimum Gasteiger partial charge on any atom is -0.524 e. The van der Waals surface area contributed by atoms with Crippen molar-refractivity contribution in [3.63, 3.8) is 0 Å². The number of halogens is 4. The van der Waals surface area contributed by atoms with E-state index < -0.39 is 54.7 Å². The van der Waals surface area contributed by atoms with E-state index in [1.807, 2.05) is 13.8 Å². The second-order valence-electron chi connectivity index (χ2n) is 8.43. The average Bonchev–Trinajstić information content (AvgIpc) is 2.80. The fraction of sp³-hybridized carbons (Fsp3) is 0.348. The predicted octanol–water partition coefficient (Wildman–Crippen LogP) is 4.01. The molecule has 2 amide bonds. The molecule has 1 atom stereocenters. The average molecular weight is 571 g/mol. The number of rotatable bonds is 8. The van der Waals surface area contributed by atoms with Crippen LogP contribution in [-0.2, 0) is 15.6 Å². The summed E-state index contributed by atoms with van der Waals surface area (Å²) in [6.45, 7) is 3.16. The Hall–Kier alpha value is -3.22. The molecular formula is C23H23BBrF3N2O6. The quantitative estimate of drug-likeness (QED) is 0.465. The second kappa shape index (κ2) is 11.2. The molecule has 0 spiro atoms. The fourth-order valence-electron chi connectivity index (χ4n) is 3.59. The molecule has 1 aliphatic rings. The van der Waals surface area contributed by atoms with Crippen molar-refractivity contribution in [2.24, 2.45) is 5.92 Å². The summed E-state index contributed by atoms with van der Waals surface area (Å²) in [5.41, 5.74) is -1.56. The Kier molecular flexibility index (Phi) is 8.54. The first kappa shape index (κ1) is 27.4. The van der Waals surface area contributed by atoms with Crippen molar-refractivity contribution in [3.05, 3.63) is 57.6 Å². The maximum absolute atomic E-state index is 13.3. The van der Waals surface area contributed by atoms with Gasteiger partial charge in [-0.15, -0.1) is 0 Å². The van der Waals surface area contributed by atoms with Crippen molar-refractivity contribution in [2.75, 3.05) is 13.7 Å². The molecule has 1 heterocycles. The lowest BCUT2D eigenvalue weighted by molar-refractivity contribution is -0.137. The Bertz CT molecular complexity index is 1160. The van der Waals surface area contributed by atoms with Crippen LogP contribution in [0.2, 0.25) is 0 Å². The van der Waals surface area contributed by atoms with Crippen molar-refractivity contribution in [1.82, 2.24) is 10.6 Å². The Morgan fingerprint density at radius 2 is 1.86 bits per heavy atom. The highest BCUT2D eigenvalue weighted by Gasteiger charge is 2.42. The summed E-state index contributed by atoms with van der Waals surface area (Å²) in [5.74, 6) is -2.48. The van der Waals surface area contributed by atoms with Gasteiger partial charge in [-0.05, 0) is 42.7 Å². The lowest BCUT2D eigenvalue weighted by Crippen LogP contribution is -2.55. The van der Waals surface area contributed by atoms with Crippen LogP contribution < -0.4 is 20.0 Å². The molecule has 0 fully saturated rings. The van der Waals surface area contributed by atoms with Gasteiger partial charge < -0.3 is 24.7 Å². The summed E-state index contributed by atoms with van der Waals surface area (Å²) >= 11 is 3.05. The highest BCUT2D eigenvalue weighted by Crippen LogP contribution is 2.33. The third-order valence-electron chi connectivity index (χ3n) is 5.22. The number of methoxy groups -OCH3 is 1. The Morgan fingerprint density at radius 1 is 1.14 bits per heavy atom. The molecule has 8 nitrogen and oxygen atoms in total. The van der Waals surface area contributed by atoms with Gasteiger partial charge in [0.05, 0.1) is 36.3 Å². The molecule has 1 aliphatic heterocycles. The largest absolute Gasteiger partial charge is 0.620 e. The number of carbonyl (C=O) groups excluding carboxylic acids is 3. The smallest absolute Gasteiger partial charge is 0.524 e. The molecule has 0 aromatic heterocycles. The van der Waals surface area contributed by atoms with Crippen molar-refractivity contribution < 1.29 is 41.6 Å². The molecule has 2 aromatic carbocycles. The third kappa shape index (κ3) is 6.71. The Morgan fingerprint density at radius 3 is 2.50 bits per heavy atom. The van der Waals surface area contributed by atoms with E-state index in [2.05, 4.69) is 26.6 Å². The molecule has 2 N–H and O–H groups in total. The van der Waals surface area contributed by atoms with Crippen LogP contribution in [0.5, 0.6) is 11.5 Å². The van der Waals surface area contributed by atoms with Gasteiger partial charge in [-0.25, -0.2) is 4.79 Å².